The number of benzene rings is 3. The zero-order chi connectivity index (χ0) is 53.1. The van der Waals surface area contributed by atoms with Crippen LogP contribution >= 0.6 is 46.4 Å². The topological polar surface area (TPSA) is 284 Å². The number of carbonyl (C=O) groups is 3. The van der Waals surface area contributed by atoms with E-state index in [-0.39, 0.29) is 144 Å². The SMILES string of the molecule is CCN.CCNCc1c(O)ccc(F)c1Cl.CCOC(=O)c1c(N)nn2ccc(Cl)nc12.CCOC(=O)c1c(N)nn2ccc(N(CC)Cc3c(O)ccc(F)c3Cl)nc12.O=Cc1c(O)ccc(F)c1Cl.[B].[CH3-].[H-].[Na+]. The summed E-state index contributed by atoms with van der Waals surface area (Å²) in [6.07, 6.45) is 3.48. The summed E-state index contributed by atoms with van der Waals surface area (Å²) in [6.45, 7) is 12.0. The molecule has 74 heavy (non-hydrogen) atoms. The van der Waals surface area contributed by atoms with Crippen LogP contribution in [0, 0.1) is 24.9 Å². The third-order valence-corrected chi connectivity index (χ3v) is 10.5. The van der Waals surface area contributed by atoms with Gasteiger partial charge in [0, 0.05) is 51.6 Å². The molecule has 0 saturated carbocycles. The van der Waals surface area contributed by atoms with Gasteiger partial charge in [0.15, 0.2) is 29.2 Å². The Kier molecular flexibility index (Phi) is 30.6. The average Bonchev–Trinajstić information content (AvgIpc) is 3.85. The number of ether oxygens (including phenoxy) is 2. The molecule has 0 spiro atoms. The number of nitrogens with two attached hydrogens (primary N) is 3. The number of anilines is 3. The fourth-order valence-corrected chi connectivity index (χ4v) is 6.57. The molecule has 0 aliphatic heterocycles. The standard InChI is InChI=1S/C18H19ClFN5O3.C9H11ClFNO.C9H9ClN4O2.C7H4ClFO2.C2H7N.CH3.B.Na.H/c1-3-24(9-10-12(26)6-5-11(20)15(10)19)13-7-8-25-17(22-13)14(16(21)23-25)18(27)28-4-2;1-2-12-5-6-8(13)4-3-7(11)9(6)10;1-2-16-9(15)6-7(11)13-14-4-3-5(10)12-8(6)14;8-7-4(3-10)6(11)2-1-5(7)9;1-2-3;;;;/h5-8,26H,3-4,9H2,1-2H3,(H2,21,23);3-4,12-13H,2,5H2,1H3;3-4H,2H2,1H3,(H2,11,13);1-3,11H;2-3H2,1H3;1H3;;;/q;;;;;-1;;+1;-1. The number of nitrogen functional groups attached to an aromatic ring is 2. The maximum absolute atomic E-state index is 13.8. The second-order valence-corrected chi connectivity index (χ2v) is 15.4. The summed E-state index contributed by atoms with van der Waals surface area (Å²) in [5.41, 5.74) is 17.5. The van der Waals surface area contributed by atoms with E-state index in [2.05, 4.69) is 25.5 Å². The minimum Gasteiger partial charge on any atom is -1.00 e. The van der Waals surface area contributed by atoms with Gasteiger partial charge in [-0.15, -0.1) is 10.2 Å². The van der Waals surface area contributed by atoms with Gasteiger partial charge in [-0.25, -0.2) is 41.8 Å². The van der Waals surface area contributed by atoms with Crippen molar-refractivity contribution in [3.8, 4) is 17.2 Å². The zero-order valence-electron chi connectivity index (χ0n) is 42.3. The Labute approximate surface area is 470 Å². The molecule has 0 aliphatic rings. The molecule has 395 valence electrons. The van der Waals surface area contributed by atoms with Crippen LogP contribution in [0.1, 0.15) is 78.2 Å². The first-order chi connectivity index (χ1) is 33.7. The summed E-state index contributed by atoms with van der Waals surface area (Å²) in [4.78, 5) is 44.2. The van der Waals surface area contributed by atoms with E-state index in [1.54, 1.807) is 43.3 Å². The number of aromatic hydroxyl groups is 3. The van der Waals surface area contributed by atoms with Gasteiger partial charge in [0.1, 0.15) is 56.8 Å². The van der Waals surface area contributed by atoms with Crippen LogP contribution in [0.25, 0.3) is 11.3 Å². The minimum atomic E-state index is -0.716. The molecule has 0 saturated heterocycles. The molecule has 28 heteroatoms. The number of rotatable bonds is 12. The van der Waals surface area contributed by atoms with E-state index in [9.17, 15) is 37.8 Å². The Bertz CT molecular complexity index is 2970. The van der Waals surface area contributed by atoms with Crippen LogP contribution in [0.15, 0.2) is 60.9 Å². The van der Waals surface area contributed by atoms with Crippen molar-refractivity contribution in [2.24, 2.45) is 5.73 Å². The number of carbonyl (C=O) groups excluding carboxylic acids is 3. The molecule has 0 amide bonds. The number of esters is 2. The molecule has 4 aromatic heterocycles. The van der Waals surface area contributed by atoms with E-state index in [0.717, 1.165) is 37.4 Å². The first kappa shape index (κ1) is 68.2. The third-order valence-electron chi connectivity index (χ3n) is 9.11. The molecular formula is C46H54BCl4F3N11NaO8-. The van der Waals surface area contributed by atoms with Crippen LogP contribution in [-0.2, 0) is 22.6 Å². The number of nitrogens with zero attached hydrogens (tertiary/aromatic N) is 7. The van der Waals surface area contributed by atoms with Crippen LogP contribution in [0.3, 0.4) is 0 Å². The van der Waals surface area contributed by atoms with Gasteiger partial charge >= 0.3 is 41.5 Å². The summed E-state index contributed by atoms with van der Waals surface area (Å²) < 4.78 is 51.9. The van der Waals surface area contributed by atoms with Gasteiger partial charge in [-0.3, -0.25) is 4.79 Å². The molecule has 7 rings (SSSR count). The van der Waals surface area contributed by atoms with Gasteiger partial charge < -0.3 is 61.1 Å². The molecule has 0 unspecified atom stereocenters. The quantitative estimate of drug-likeness (QED) is 0.0258. The summed E-state index contributed by atoms with van der Waals surface area (Å²) in [5, 5.41) is 39.1. The number of phenols is 3. The second-order valence-electron chi connectivity index (χ2n) is 13.9. The van der Waals surface area contributed by atoms with Crippen LogP contribution in [-0.4, -0.2) is 104 Å². The molecule has 0 bridgehead atoms. The Morgan fingerprint density at radius 1 is 0.730 bits per heavy atom. The van der Waals surface area contributed by atoms with Crippen molar-refractivity contribution in [3.05, 3.63) is 134 Å². The van der Waals surface area contributed by atoms with Gasteiger partial charge in [0.05, 0.1) is 33.8 Å². The Balaban J connectivity index is 0. The first-order valence-electron chi connectivity index (χ1n) is 21.1. The third kappa shape index (κ3) is 18.0. The van der Waals surface area contributed by atoms with Crippen LogP contribution in [0.5, 0.6) is 17.2 Å². The fourth-order valence-electron chi connectivity index (χ4n) is 5.78. The van der Waals surface area contributed by atoms with E-state index < -0.39 is 29.4 Å². The molecule has 0 atom stereocenters. The molecule has 7 aromatic rings. The normalized spacial score (nSPS) is 9.96. The number of phenolic OH excluding ortho intramolecular Hbond substituents is 3. The smallest absolute Gasteiger partial charge is 1.00 e. The number of aromatic nitrogens is 6. The minimum absolute atomic E-state index is 0. The van der Waals surface area contributed by atoms with Crippen molar-refractivity contribution < 1.29 is 83.3 Å². The Hall–Kier alpha value is -5.76. The van der Waals surface area contributed by atoms with Crippen molar-refractivity contribution >= 4 is 102 Å². The van der Waals surface area contributed by atoms with Crippen molar-refractivity contribution in [1.82, 2.24) is 34.5 Å². The maximum Gasteiger partial charge on any atom is 1.00 e. The van der Waals surface area contributed by atoms with Crippen LogP contribution in [0.4, 0.5) is 30.6 Å². The van der Waals surface area contributed by atoms with Gasteiger partial charge in [-0.2, -0.15) is 0 Å². The summed E-state index contributed by atoms with van der Waals surface area (Å²) in [6, 6.07) is 10.1. The molecular weight excluding hydrogens is 1070 g/mol. The number of halogens is 7. The molecule has 0 aliphatic carbocycles. The number of fused-ring (bicyclic) bond motifs is 2. The Morgan fingerprint density at radius 3 is 1.61 bits per heavy atom. The molecule has 4 heterocycles. The fraction of sp³-hybridized carbons (Fsp3) is 0.261. The summed E-state index contributed by atoms with van der Waals surface area (Å²) in [7, 11) is 0. The van der Waals surface area contributed by atoms with Gasteiger partial charge in [0.25, 0.3) is 0 Å². The predicted molar refractivity (Wildman–Crippen MR) is 278 cm³/mol. The van der Waals surface area contributed by atoms with E-state index in [1.165, 1.54) is 21.2 Å². The maximum atomic E-state index is 13.8. The zero-order valence-corrected chi connectivity index (χ0v) is 46.3. The van der Waals surface area contributed by atoms with Crippen molar-refractivity contribution in [2.75, 3.05) is 49.2 Å². The number of hydrogen-bond donors (Lipinski definition) is 7. The van der Waals surface area contributed by atoms with Gasteiger partial charge in [0.2, 0.25) is 0 Å². The summed E-state index contributed by atoms with van der Waals surface area (Å²) in [5.74, 6) is -2.87. The predicted octanol–water partition coefficient (Wildman–Crippen LogP) is 5.60. The first-order valence-corrected chi connectivity index (χ1v) is 22.6. The largest absolute Gasteiger partial charge is 1.00 e. The summed E-state index contributed by atoms with van der Waals surface area (Å²) >= 11 is 22.7. The Morgan fingerprint density at radius 2 is 1.16 bits per heavy atom. The molecule has 19 nitrogen and oxygen atoms in total. The second kappa shape index (κ2) is 33.2. The van der Waals surface area contributed by atoms with Crippen molar-refractivity contribution in [2.45, 2.75) is 47.7 Å². The average molecular weight is 1120 g/mol. The van der Waals surface area contributed by atoms with Crippen LogP contribution in [0.2, 0.25) is 20.2 Å². The van der Waals surface area contributed by atoms with Gasteiger partial charge in [-0.05, 0) is 82.4 Å². The molecule has 0 fully saturated rings. The van der Waals surface area contributed by atoms with Crippen molar-refractivity contribution in [3.63, 3.8) is 0 Å². The van der Waals surface area contributed by atoms with E-state index in [1.807, 2.05) is 20.8 Å². The molecule has 3 aromatic carbocycles. The van der Waals surface area contributed by atoms with Crippen molar-refractivity contribution in [1.29, 1.82) is 0 Å². The van der Waals surface area contributed by atoms with E-state index >= 15 is 0 Å². The number of nitrogens with one attached hydrogen (secondary N) is 1. The number of aldehydes is 1. The van der Waals surface area contributed by atoms with E-state index in [0.29, 0.717) is 36.4 Å². The number of hydrogen-bond acceptors (Lipinski definition) is 17. The molecule has 3 radical (unpaired) electrons. The van der Waals surface area contributed by atoms with Crippen LogP contribution < -0.4 is 57.0 Å². The van der Waals surface area contributed by atoms with Gasteiger partial charge in [-0.1, -0.05) is 60.3 Å². The van der Waals surface area contributed by atoms with E-state index in [4.69, 9.17) is 78.2 Å². The molecule has 10 N–H and O–H groups in total. The monoisotopic (exact) mass is 1120 g/mol.